The van der Waals surface area contributed by atoms with Crippen molar-refractivity contribution in [3.05, 3.63) is 83.6 Å². The van der Waals surface area contributed by atoms with Crippen LogP contribution in [0, 0.1) is 13.8 Å². The molecule has 0 aliphatic heterocycles. The van der Waals surface area contributed by atoms with Crippen molar-refractivity contribution in [2.45, 2.75) is 27.7 Å². The fourth-order valence-corrected chi connectivity index (χ4v) is 3.99. The normalized spacial score (nSPS) is 11.5. The fraction of sp³-hybridized carbons (Fsp3) is 0.207. The maximum Gasteiger partial charge on any atom is 0.248 e. The number of methoxy groups -OCH3 is 1. The molecule has 0 unspecified atom stereocenters. The standard InChI is InChI=1S/C29H29NO4/c1-6-33-27-16-28-24(25(17-34-28)22-9-7-8-10-26(22)32-5)15-23(27)20(4)14-29(31)30-21-12-11-18(2)19(3)13-21/h7-17H,6H2,1-5H3,(H,30,31)/b20-14+. The molecule has 5 heteroatoms. The van der Waals surface area contributed by atoms with E-state index < -0.39 is 0 Å². The molecular weight excluding hydrogens is 426 g/mol. The number of aryl methyl sites for hydroxylation is 2. The number of hydrogen-bond acceptors (Lipinski definition) is 4. The van der Waals surface area contributed by atoms with Gasteiger partial charge in [0.2, 0.25) is 5.91 Å². The van der Waals surface area contributed by atoms with Gasteiger partial charge in [-0.05, 0) is 68.7 Å². The maximum absolute atomic E-state index is 12.8. The molecular formula is C29H29NO4. The van der Waals surface area contributed by atoms with Gasteiger partial charge < -0.3 is 19.2 Å². The largest absolute Gasteiger partial charge is 0.496 e. The van der Waals surface area contributed by atoms with Gasteiger partial charge in [0.05, 0.1) is 20.0 Å². The third-order valence-electron chi connectivity index (χ3n) is 5.92. The van der Waals surface area contributed by atoms with Crippen molar-refractivity contribution < 1.29 is 18.7 Å². The average molecular weight is 456 g/mol. The highest BCUT2D eigenvalue weighted by Crippen LogP contribution is 2.40. The van der Waals surface area contributed by atoms with Crippen LogP contribution in [0.15, 0.2) is 71.4 Å². The van der Waals surface area contributed by atoms with Gasteiger partial charge in [-0.15, -0.1) is 0 Å². The quantitative estimate of drug-likeness (QED) is 0.300. The number of ether oxygens (including phenoxy) is 2. The highest BCUT2D eigenvalue weighted by Gasteiger charge is 2.17. The Morgan fingerprint density at radius 2 is 1.79 bits per heavy atom. The Hall–Kier alpha value is -3.99. The minimum absolute atomic E-state index is 0.194. The first kappa shape index (κ1) is 23.2. The van der Waals surface area contributed by atoms with Gasteiger partial charge in [-0.1, -0.05) is 24.3 Å². The Kier molecular flexibility index (Phi) is 6.73. The second-order valence-corrected chi connectivity index (χ2v) is 8.24. The smallest absolute Gasteiger partial charge is 0.248 e. The van der Waals surface area contributed by atoms with Gasteiger partial charge in [0.1, 0.15) is 17.1 Å². The third kappa shape index (κ3) is 4.69. The molecule has 1 N–H and O–H groups in total. The van der Waals surface area contributed by atoms with Crippen molar-refractivity contribution in [3.63, 3.8) is 0 Å². The van der Waals surface area contributed by atoms with Crippen molar-refractivity contribution in [3.8, 4) is 22.6 Å². The number of carbonyl (C=O) groups is 1. The summed E-state index contributed by atoms with van der Waals surface area (Å²) in [6.07, 6.45) is 3.33. The van der Waals surface area contributed by atoms with Gasteiger partial charge in [0, 0.05) is 39.9 Å². The zero-order chi connectivity index (χ0) is 24.2. The number of anilines is 1. The summed E-state index contributed by atoms with van der Waals surface area (Å²) in [7, 11) is 1.65. The van der Waals surface area contributed by atoms with Crippen LogP contribution in [0.3, 0.4) is 0 Å². The Labute approximate surface area is 200 Å². The number of benzene rings is 3. The number of amides is 1. The molecule has 34 heavy (non-hydrogen) atoms. The van der Waals surface area contributed by atoms with E-state index in [0.717, 1.165) is 44.7 Å². The average Bonchev–Trinajstić information content (AvgIpc) is 3.23. The molecule has 1 heterocycles. The number of allylic oxidation sites excluding steroid dienone is 1. The number of rotatable bonds is 7. The van der Waals surface area contributed by atoms with E-state index in [1.54, 1.807) is 19.4 Å². The lowest BCUT2D eigenvalue weighted by atomic mass is 9.98. The van der Waals surface area contributed by atoms with Crippen LogP contribution in [0.4, 0.5) is 5.69 Å². The summed E-state index contributed by atoms with van der Waals surface area (Å²) in [6.45, 7) is 8.42. The van der Waals surface area contributed by atoms with Gasteiger partial charge in [-0.3, -0.25) is 4.79 Å². The van der Waals surface area contributed by atoms with Gasteiger partial charge in [-0.2, -0.15) is 0 Å². The molecule has 4 rings (SSSR count). The Bertz CT molecular complexity index is 1380. The number of fused-ring (bicyclic) bond motifs is 1. The minimum atomic E-state index is -0.194. The van der Waals surface area contributed by atoms with Gasteiger partial charge in [0.15, 0.2) is 0 Å². The monoisotopic (exact) mass is 455 g/mol. The molecule has 0 bridgehead atoms. The van der Waals surface area contributed by atoms with Gasteiger partial charge in [0.25, 0.3) is 0 Å². The lowest BCUT2D eigenvalue weighted by molar-refractivity contribution is -0.111. The fourth-order valence-electron chi connectivity index (χ4n) is 3.99. The predicted octanol–water partition coefficient (Wildman–Crippen LogP) is 7.17. The molecule has 174 valence electrons. The van der Waals surface area contributed by atoms with E-state index >= 15 is 0 Å². The number of carbonyl (C=O) groups excluding carboxylic acids is 1. The van der Waals surface area contributed by atoms with Crippen LogP contribution in [-0.4, -0.2) is 19.6 Å². The third-order valence-corrected chi connectivity index (χ3v) is 5.92. The Morgan fingerprint density at radius 1 is 1.00 bits per heavy atom. The summed E-state index contributed by atoms with van der Waals surface area (Å²) in [4.78, 5) is 12.8. The van der Waals surface area contributed by atoms with E-state index in [4.69, 9.17) is 13.9 Å². The predicted molar refractivity (Wildman–Crippen MR) is 138 cm³/mol. The highest BCUT2D eigenvalue weighted by molar-refractivity contribution is 6.05. The summed E-state index contributed by atoms with van der Waals surface area (Å²) in [5, 5.41) is 3.88. The van der Waals surface area contributed by atoms with Crippen LogP contribution in [0.2, 0.25) is 0 Å². The number of hydrogen-bond donors (Lipinski definition) is 1. The van der Waals surface area contributed by atoms with Crippen LogP contribution in [0.5, 0.6) is 11.5 Å². The molecule has 5 nitrogen and oxygen atoms in total. The van der Waals surface area contributed by atoms with Crippen molar-refractivity contribution in [2.75, 3.05) is 19.0 Å². The van der Waals surface area contributed by atoms with Crippen molar-refractivity contribution >= 4 is 28.1 Å². The number of furan rings is 1. The molecule has 0 spiro atoms. The molecule has 1 aromatic heterocycles. The van der Waals surface area contributed by atoms with Crippen LogP contribution in [0.1, 0.15) is 30.5 Å². The van der Waals surface area contributed by atoms with Crippen molar-refractivity contribution in [1.29, 1.82) is 0 Å². The van der Waals surface area contributed by atoms with Crippen LogP contribution in [-0.2, 0) is 4.79 Å². The summed E-state index contributed by atoms with van der Waals surface area (Å²) >= 11 is 0. The maximum atomic E-state index is 12.8. The first-order chi connectivity index (χ1) is 16.4. The van der Waals surface area contributed by atoms with E-state index in [2.05, 4.69) is 5.32 Å². The molecule has 0 aliphatic carbocycles. The van der Waals surface area contributed by atoms with Crippen LogP contribution < -0.4 is 14.8 Å². The molecule has 0 saturated carbocycles. The Morgan fingerprint density at radius 3 is 2.53 bits per heavy atom. The van der Waals surface area contributed by atoms with E-state index in [0.29, 0.717) is 17.9 Å². The number of nitrogens with one attached hydrogen (secondary N) is 1. The summed E-state index contributed by atoms with van der Waals surface area (Å²) in [6, 6.07) is 17.6. The van der Waals surface area contributed by atoms with E-state index in [1.165, 1.54) is 5.56 Å². The summed E-state index contributed by atoms with van der Waals surface area (Å²) < 4.78 is 17.3. The highest BCUT2D eigenvalue weighted by atomic mass is 16.5. The van der Waals surface area contributed by atoms with E-state index in [9.17, 15) is 4.79 Å². The molecule has 0 atom stereocenters. The van der Waals surface area contributed by atoms with Crippen LogP contribution in [0.25, 0.3) is 27.7 Å². The Balaban J connectivity index is 1.74. The lowest BCUT2D eigenvalue weighted by Crippen LogP contribution is -2.09. The lowest BCUT2D eigenvalue weighted by Gasteiger charge is -2.12. The zero-order valence-corrected chi connectivity index (χ0v) is 20.2. The molecule has 0 saturated heterocycles. The van der Waals surface area contributed by atoms with Gasteiger partial charge in [-0.25, -0.2) is 0 Å². The van der Waals surface area contributed by atoms with E-state index in [-0.39, 0.29) is 5.91 Å². The topological polar surface area (TPSA) is 60.7 Å². The molecule has 4 aromatic rings. The van der Waals surface area contributed by atoms with Crippen molar-refractivity contribution in [2.24, 2.45) is 0 Å². The first-order valence-corrected chi connectivity index (χ1v) is 11.3. The first-order valence-electron chi connectivity index (χ1n) is 11.3. The molecule has 0 fully saturated rings. The minimum Gasteiger partial charge on any atom is -0.496 e. The van der Waals surface area contributed by atoms with E-state index in [1.807, 2.05) is 82.3 Å². The molecule has 3 aromatic carbocycles. The molecule has 0 aliphatic rings. The van der Waals surface area contributed by atoms with Crippen molar-refractivity contribution in [1.82, 2.24) is 0 Å². The second kappa shape index (κ2) is 9.87. The van der Waals surface area contributed by atoms with Gasteiger partial charge >= 0.3 is 0 Å². The SMILES string of the molecule is CCOc1cc2occ(-c3ccccc3OC)c2cc1/C(C)=C/C(=O)Nc1ccc(C)c(C)c1. The zero-order valence-electron chi connectivity index (χ0n) is 20.2. The summed E-state index contributed by atoms with van der Waals surface area (Å²) in [5.41, 5.74) is 7.28. The van der Waals surface area contributed by atoms with Crippen LogP contribution >= 0.6 is 0 Å². The molecule has 0 radical (unpaired) electrons. The summed E-state index contributed by atoms with van der Waals surface area (Å²) in [5.74, 6) is 1.24. The second-order valence-electron chi connectivity index (χ2n) is 8.24. The number of para-hydroxylation sites is 1. The molecule has 1 amide bonds.